The first-order valence-electron chi connectivity index (χ1n) is 7.82. The molecular formula is C18H14F3N3O2S. The van der Waals surface area contributed by atoms with Gasteiger partial charge in [0.15, 0.2) is 0 Å². The van der Waals surface area contributed by atoms with Gasteiger partial charge in [-0.25, -0.2) is 4.98 Å². The number of benzene rings is 1. The van der Waals surface area contributed by atoms with E-state index in [2.05, 4.69) is 10.3 Å². The van der Waals surface area contributed by atoms with Crippen LogP contribution in [0, 0.1) is 6.92 Å². The monoisotopic (exact) mass is 393 g/mol. The van der Waals surface area contributed by atoms with E-state index in [1.54, 1.807) is 18.2 Å². The summed E-state index contributed by atoms with van der Waals surface area (Å²) in [5, 5.41) is 5.38. The van der Waals surface area contributed by atoms with Crippen molar-refractivity contribution in [1.82, 2.24) is 9.55 Å². The maximum atomic E-state index is 12.8. The summed E-state index contributed by atoms with van der Waals surface area (Å²) in [6.45, 7) is 1.36. The number of alkyl halides is 3. The Balaban J connectivity index is 1.76. The standard InChI is InChI=1S/C18H14F3N3O2S/c1-11-22-15(10-27-11)12-3-2-4-14(7-12)23-16(25)9-24-8-13(18(19,20)21)5-6-17(24)26/h2-8,10H,9H2,1H3,(H,23,25). The zero-order chi connectivity index (χ0) is 19.6. The van der Waals surface area contributed by atoms with E-state index in [-0.39, 0.29) is 0 Å². The van der Waals surface area contributed by atoms with Crippen LogP contribution in [0.4, 0.5) is 18.9 Å². The normalized spacial score (nSPS) is 11.4. The maximum Gasteiger partial charge on any atom is 0.417 e. The van der Waals surface area contributed by atoms with E-state index in [1.807, 2.05) is 18.4 Å². The van der Waals surface area contributed by atoms with Crippen LogP contribution in [0.3, 0.4) is 0 Å². The lowest BCUT2D eigenvalue weighted by Crippen LogP contribution is -2.28. The number of carbonyl (C=O) groups excluding carboxylic acids is 1. The Morgan fingerprint density at radius 3 is 2.70 bits per heavy atom. The Morgan fingerprint density at radius 1 is 1.26 bits per heavy atom. The number of nitrogens with one attached hydrogen (secondary N) is 1. The molecule has 9 heteroatoms. The van der Waals surface area contributed by atoms with Crippen molar-refractivity contribution in [2.75, 3.05) is 5.32 Å². The first kappa shape index (κ1) is 18.8. The molecule has 1 aromatic carbocycles. The lowest BCUT2D eigenvalue weighted by atomic mass is 10.1. The fraction of sp³-hybridized carbons (Fsp3) is 0.167. The van der Waals surface area contributed by atoms with Crippen molar-refractivity contribution >= 4 is 22.9 Å². The number of nitrogens with zero attached hydrogens (tertiary/aromatic N) is 2. The first-order chi connectivity index (χ1) is 12.7. The van der Waals surface area contributed by atoms with Gasteiger partial charge in [-0.05, 0) is 25.1 Å². The van der Waals surface area contributed by atoms with Gasteiger partial charge < -0.3 is 9.88 Å². The van der Waals surface area contributed by atoms with Crippen LogP contribution in [0.1, 0.15) is 10.6 Å². The zero-order valence-electron chi connectivity index (χ0n) is 14.1. The second kappa shape index (κ2) is 7.36. The van der Waals surface area contributed by atoms with E-state index in [0.717, 1.165) is 26.9 Å². The third kappa shape index (κ3) is 4.62. The molecule has 0 aliphatic heterocycles. The molecule has 0 atom stereocenters. The molecule has 1 N–H and O–H groups in total. The number of hydrogen-bond acceptors (Lipinski definition) is 4. The van der Waals surface area contributed by atoms with E-state index in [0.29, 0.717) is 18.0 Å². The second-order valence-electron chi connectivity index (χ2n) is 5.76. The van der Waals surface area contributed by atoms with Crippen molar-refractivity contribution in [3.63, 3.8) is 0 Å². The van der Waals surface area contributed by atoms with Crippen LogP contribution in [0.15, 0.2) is 52.8 Å². The molecule has 0 aliphatic carbocycles. The Morgan fingerprint density at radius 2 is 2.04 bits per heavy atom. The predicted molar refractivity (Wildman–Crippen MR) is 96.6 cm³/mol. The highest BCUT2D eigenvalue weighted by molar-refractivity contribution is 7.09. The minimum atomic E-state index is -4.59. The van der Waals surface area contributed by atoms with Gasteiger partial charge in [-0.3, -0.25) is 9.59 Å². The van der Waals surface area contributed by atoms with E-state index in [9.17, 15) is 22.8 Å². The maximum absolute atomic E-state index is 12.8. The average Bonchev–Trinajstić information content (AvgIpc) is 3.02. The molecule has 0 aliphatic rings. The SMILES string of the molecule is Cc1nc(-c2cccc(NC(=O)Cn3cc(C(F)(F)F)ccc3=O)c2)cs1. The molecule has 0 fully saturated rings. The van der Waals surface area contributed by atoms with E-state index >= 15 is 0 Å². The molecule has 2 heterocycles. The number of pyridine rings is 1. The molecule has 140 valence electrons. The summed E-state index contributed by atoms with van der Waals surface area (Å²) in [5.74, 6) is -0.608. The number of carbonyl (C=O) groups is 1. The summed E-state index contributed by atoms with van der Waals surface area (Å²) in [6, 6.07) is 8.41. The van der Waals surface area contributed by atoms with E-state index in [4.69, 9.17) is 0 Å². The second-order valence-corrected chi connectivity index (χ2v) is 6.82. The van der Waals surface area contributed by atoms with Crippen LogP contribution in [0.25, 0.3) is 11.3 Å². The summed E-state index contributed by atoms with van der Waals surface area (Å²) in [7, 11) is 0. The summed E-state index contributed by atoms with van der Waals surface area (Å²) < 4.78 is 39.0. The van der Waals surface area contributed by atoms with Crippen LogP contribution in [0.5, 0.6) is 0 Å². The van der Waals surface area contributed by atoms with Crippen molar-refractivity contribution in [2.24, 2.45) is 0 Å². The minimum Gasteiger partial charge on any atom is -0.325 e. The molecular weight excluding hydrogens is 379 g/mol. The van der Waals surface area contributed by atoms with E-state index in [1.165, 1.54) is 11.3 Å². The number of anilines is 1. The lowest BCUT2D eigenvalue weighted by molar-refractivity contribution is -0.138. The van der Waals surface area contributed by atoms with Gasteiger partial charge in [0, 0.05) is 28.9 Å². The Bertz CT molecular complexity index is 1040. The third-order valence-corrected chi connectivity index (χ3v) is 4.46. The van der Waals surface area contributed by atoms with Crippen LogP contribution in [0.2, 0.25) is 0 Å². The number of aryl methyl sites for hydroxylation is 1. The molecule has 3 rings (SSSR count). The average molecular weight is 393 g/mol. The topological polar surface area (TPSA) is 64.0 Å². The third-order valence-electron chi connectivity index (χ3n) is 3.69. The largest absolute Gasteiger partial charge is 0.417 e. The Kier molecular flexibility index (Phi) is 5.13. The first-order valence-corrected chi connectivity index (χ1v) is 8.70. The molecule has 0 spiro atoms. The van der Waals surface area contributed by atoms with Crippen LogP contribution < -0.4 is 10.9 Å². The highest BCUT2D eigenvalue weighted by Crippen LogP contribution is 2.28. The molecule has 5 nitrogen and oxygen atoms in total. The summed E-state index contributed by atoms with van der Waals surface area (Å²) in [4.78, 5) is 28.3. The summed E-state index contributed by atoms with van der Waals surface area (Å²) >= 11 is 1.50. The number of aromatic nitrogens is 2. The molecule has 27 heavy (non-hydrogen) atoms. The number of hydrogen-bond donors (Lipinski definition) is 1. The van der Waals surface area contributed by atoms with Gasteiger partial charge in [0.1, 0.15) is 6.54 Å². The number of halogens is 3. The highest BCUT2D eigenvalue weighted by Gasteiger charge is 2.31. The van der Waals surface area contributed by atoms with Crippen molar-refractivity contribution in [3.05, 3.63) is 68.9 Å². The molecule has 0 saturated heterocycles. The highest BCUT2D eigenvalue weighted by atomic mass is 32.1. The molecule has 0 bridgehead atoms. The number of rotatable bonds is 4. The fourth-order valence-corrected chi connectivity index (χ4v) is 3.05. The van der Waals surface area contributed by atoms with Crippen molar-refractivity contribution in [3.8, 4) is 11.3 Å². The van der Waals surface area contributed by atoms with Gasteiger partial charge in [-0.1, -0.05) is 12.1 Å². The molecule has 1 amide bonds. The minimum absolute atomic E-state index is 0.461. The van der Waals surface area contributed by atoms with Gasteiger partial charge in [-0.2, -0.15) is 13.2 Å². The van der Waals surface area contributed by atoms with Gasteiger partial charge in [-0.15, -0.1) is 11.3 Å². The predicted octanol–water partition coefficient (Wildman–Crippen LogP) is 3.94. The molecule has 0 saturated carbocycles. The van der Waals surface area contributed by atoms with Crippen molar-refractivity contribution in [1.29, 1.82) is 0 Å². The van der Waals surface area contributed by atoms with Crippen molar-refractivity contribution in [2.45, 2.75) is 19.6 Å². The number of amides is 1. The zero-order valence-corrected chi connectivity index (χ0v) is 14.9. The van der Waals surface area contributed by atoms with E-state index < -0.39 is 29.8 Å². The number of thiazole rings is 1. The molecule has 0 radical (unpaired) electrons. The van der Waals surface area contributed by atoms with Gasteiger partial charge in [0.25, 0.3) is 5.56 Å². The Labute approximate surface area is 156 Å². The van der Waals surface area contributed by atoms with Crippen LogP contribution >= 0.6 is 11.3 Å². The van der Waals surface area contributed by atoms with Gasteiger partial charge in [0.2, 0.25) is 5.91 Å². The Hall–Kier alpha value is -2.94. The fourth-order valence-electron chi connectivity index (χ4n) is 2.43. The van der Waals surface area contributed by atoms with Crippen LogP contribution in [-0.4, -0.2) is 15.5 Å². The summed E-state index contributed by atoms with van der Waals surface area (Å²) in [5.41, 5.74) is 0.347. The van der Waals surface area contributed by atoms with Crippen LogP contribution in [-0.2, 0) is 17.5 Å². The molecule has 0 unspecified atom stereocenters. The molecule has 2 aromatic heterocycles. The smallest absolute Gasteiger partial charge is 0.325 e. The van der Waals surface area contributed by atoms with Gasteiger partial charge >= 0.3 is 6.18 Å². The lowest BCUT2D eigenvalue weighted by Gasteiger charge is -2.11. The summed E-state index contributed by atoms with van der Waals surface area (Å²) in [6.07, 6.45) is -3.96. The van der Waals surface area contributed by atoms with Gasteiger partial charge in [0.05, 0.1) is 16.3 Å². The molecule has 3 aromatic rings. The quantitative estimate of drug-likeness (QED) is 0.730. The van der Waals surface area contributed by atoms with Crippen molar-refractivity contribution < 1.29 is 18.0 Å².